The monoisotopic (exact) mass is 293 g/mol. The molecule has 20 heavy (non-hydrogen) atoms. The van der Waals surface area contributed by atoms with Gasteiger partial charge in [-0.1, -0.05) is 11.3 Å². The fourth-order valence-corrected chi connectivity index (χ4v) is 3.11. The van der Waals surface area contributed by atoms with Crippen LogP contribution in [0.2, 0.25) is 0 Å². The van der Waals surface area contributed by atoms with E-state index in [0.717, 1.165) is 30.6 Å². The Balaban J connectivity index is 1.70. The Kier molecular flexibility index (Phi) is 3.79. The van der Waals surface area contributed by atoms with Crippen LogP contribution in [0.3, 0.4) is 0 Å². The first-order valence-corrected chi connectivity index (χ1v) is 7.42. The normalized spacial score (nSPS) is 16.4. The molecule has 1 aliphatic heterocycles. The maximum Gasteiger partial charge on any atom is 0.274 e. The Labute approximate surface area is 119 Å². The van der Waals surface area contributed by atoms with Gasteiger partial charge in [0, 0.05) is 12.1 Å². The Morgan fingerprint density at radius 3 is 3.00 bits per heavy atom. The summed E-state index contributed by atoms with van der Waals surface area (Å²) in [6.45, 7) is 2.75. The number of nitrogens with one attached hydrogen (secondary N) is 1. The molecule has 1 aromatic heterocycles. The molecule has 3 rings (SSSR count). The fraction of sp³-hybridized carbons (Fsp3) is 0.462. The molecule has 0 aliphatic carbocycles. The summed E-state index contributed by atoms with van der Waals surface area (Å²) in [5.74, 6) is 0.567. The molecule has 0 radical (unpaired) electrons. The number of thiazole rings is 1. The number of aromatic nitrogens is 1. The molecular formula is C13H15N3O3S. The van der Waals surface area contributed by atoms with Crippen LogP contribution in [-0.2, 0) is 0 Å². The minimum absolute atomic E-state index is 0.0627. The summed E-state index contributed by atoms with van der Waals surface area (Å²) in [6.07, 6.45) is 2.24. The number of benzene rings is 1. The number of hydrogen-bond donors (Lipinski definition) is 1. The first-order chi connectivity index (χ1) is 9.72. The van der Waals surface area contributed by atoms with Crippen LogP contribution < -0.4 is 10.1 Å². The number of nitrogens with zero attached hydrogens (tertiary/aromatic N) is 2. The van der Waals surface area contributed by atoms with Gasteiger partial charge in [-0.25, -0.2) is 4.98 Å². The van der Waals surface area contributed by atoms with Crippen molar-refractivity contribution in [1.82, 2.24) is 10.3 Å². The van der Waals surface area contributed by atoms with Crippen molar-refractivity contribution in [2.75, 3.05) is 19.7 Å². The molecule has 0 atom stereocenters. The SMILES string of the molecule is O=[N+]([O-])c1ccc2sc(OCC3CCNCC3)nc2c1. The number of hydrogen-bond acceptors (Lipinski definition) is 6. The number of rotatable bonds is 4. The average Bonchev–Trinajstić information content (AvgIpc) is 2.88. The first kappa shape index (κ1) is 13.3. The van der Waals surface area contributed by atoms with Crippen LogP contribution in [0.4, 0.5) is 5.69 Å². The van der Waals surface area contributed by atoms with Crippen LogP contribution in [0.1, 0.15) is 12.8 Å². The minimum Gasteiger partial charge on any atom is -0.470 e. The van der Waals surface area contributed by atoms with Crippen LogP contribution in [0.15, 0.2) is 18.2 Å². The van der Waals surface area contributed by atoms with Gasteiger partial charge in [0.15, 0.2) is 0 Å². The molecule has 1 N–H and O–H groups in total. The molecule has 2 heterocycles. The lowest BCUT2D eigenvalue weighted by molar-refractivity contribution is -0.384. The van der Waals surface area contributed by atoms with Gasteiger partial charge in [-0.2, -0.15) is 0 Å². The van der Waals surface area contributed by atoms with Crippen LogP contribution in [0, 0.1) is 16.0 Å². The number of non-ortho nitro benzene ring substituents is 1. The van der Waals surface area contributed by atoms with Crippen LogP contribution in [0.25, 0.3) is 10.2 Å². The highest BCUT2D eigenvalue weighted by atomic mass is 32.1. The van der Waals surface area contributed by atoms with Gasteiger partial charge in [0.2, 0.25) is 0 Å². The third kappa shape index (κ3) is 2.88. The van der Waals surface area contributed by atoms with Crippen molar-refractivity contribution in [3.8, 4) is 5.19 Å². The zero-order chi connectivity index (χ0) is 13.9. The molecule has 0 amide bonds. The summed E-state index contributed by atoms with van der Waals surface area (Å²) in [6, 6.07) is 4.71. The molecule has 1 saturated heterocycles. The maximum atomic E-state index is 10.7. The number of nitro benzene ring substituents is 1. The molecule has 0 bridgehead atoms. The summed E-state index contributed by atoms with van der Waals surface area (Å²) in [5.41, 5.74) is 0.692. The first-order valence-electron chi connectivity index (χ1n) is 6.61. The van der Waals surface area contributed by atoms with Crippen molar-refractivity contribution in [3.05, 3.63) is 28.3 Å². The summed E-state index contributed by atoms with van der Waals surface area (Å²) in [7, 11) is 0. The largest absolute Gasteiger partial charge is 0.470 e. The smallest absolute Gasteiger partial charge is 0.274 e. The van der Waals surface area contributed by atoms with E-state index >= 15 is 0 Å². The van der Waals surface area contributed by atoms with Crippen molar-refractivity contribution in [2.24, 2.45) is 5.92 Å². The van der Waals surface area contributed by atoms with Crippen LogP contribution in [-0.4, -0.2) is 29.6 Å². The lowest BCUT2D eigenvalue weighted by Crippen LogP contribution is -2.30. The molecule has 7 heteroatoms. The lowest BCUT2D eigenvalue weighted by atomic mass is 9.99. The summed E-state index contributed by atoms with van der Waals surface area (Å²) in [4.78, 5) is 14.6. The Bertz CT molecular complexity index is 622. The van der Waals surface area contributed by atoms with Gasteiger partial charge >= 0.3 is 0 Å². The molecule has 6 nitrogen and oxygen atoms in total. The Morgan fingerprint density at radius 2 is 2.25 bits per heavy atom. The van der Waals surface area contributed by atoms with Crippen molar-refractivity contribution in [1.29, 1.82) is 0 Å². The van der Waals surface area contributed by atoms with Gasteiger partial charge in [0.1, 0.15) is 0 Å². The molecule has 0 unspecified atom stereocenters. The maximum absolute atomic E-state index is 10.7. The predicted octanol–water partition coefficient (Wildman–Crippen LogP) is 2.58. The summed E-state index contributed by atoms with van der Waals surface area (Å²) >= 11 is 1.43. The van der Waals surface area contributed by atoms with E-state index in [2.05, 4.69) is 10.3 Å². The van der Waals surface area contributed by atoms with Gasteiger partial charge in [0.05, 0.1) is 21.7 Å². The van der Waals surface area contributed by atoms with E-state index in [1.807, 2.05) is 0 Å². The van der Waals surface area contributed by atoms with Crippen molar-refractivity contribution in [3.63, 3.8) is 0 Å². The van der Waals surface area contributed by atoms with E-state index in [4.69, 9.17) is 4.74 Å². The second-order valence-corrected chi connectivity index (χ2v) is 5.89. The van der Waals surface area contributed by atoms with Gasteiger partial charge in [0.25, 0.3) is 10.9 Å². The van der Waals surface area contributed by atoms with Gasteiger partial charge in [-0.15, -0.1) is 0 Å². The molecule has 0 saturated carbocycles. The lowest BCUT2D eigenvalue weighted by Gasteiger charge is -2.21. The molecule has 1 aromatic carbocycles. The third-order valence-corrected chi connectivity index (χ3v) is 4.41. The van der Waals surface area contributed by atoms with E-state index in [0.29, 0.717) is 23.2 Å². The Hall–Kier alpha value is -1.73. The van der Waals surface area contributed by atoms with Crippen LogP contribution >= 0.6 is 11.3 Å². The van der Waals surface area contributed by atoms with Gasteiger partial charge < -0.3 is 10.1 Å². The predicted molar refractivity (Wildman–Crippen MR) is 77.4 cm³/mol. The van der Waals surface area contributed by atoms with Crippen LogP contribution in [0.5, 0.6) is 5.19 Å². The molecule has 0 spiro atoms. The van der Waals surface area contributed by atoms with E-state index in [1.54, 1.807) is 6.07 Å². The number of fused-ring (bicyclic) bond motifs is 1. The molecule has 106 valence electrons. The second kappa shape index (κ2) is 5.72. The number of piperidine rings is 1. The Morgan fingerprint density at radius 1 is 1.45 bits per heavy atom. The quantitative estimate of drug-likeness (QED) is 0.692. The molecule has 1 fully saturated rings. The minimum atomic E-state index is -0.408. The second-order valence-electron chi connectivity index (χ2n) is 4.89. The average molecular weight is 293 g/mol. The van der Waals surface area contributed by atoms with Crippen molar-refractivity contribution in [2.45, 2.75) is 12.8 Å². The summed E-state index contributed by atoms with van der Waals surface area (Å²) < 4.78 is 6.65. The fourth-order valence-electron chi connectivity index (χ4n) is 2.31. The zero-order valence-electron chi connectivity index (χ0n) is 10.9. The molecule has 1 aliphatic rings. The summed E-state index contributed by atoms with van der Waals surface area (Å²) in [5, 5.41) is 14.6. The van der Waals surface area contributed by atoms with Gasteiger partial charge in [-0.3, -0.25) is 10.1 Å². The van der Waals surface area contributed by atoms with Gasteiger partial charge in [-0.05, 0) is 37.9 Å². The highest BCUT2D eigenvalue weighted by molar-refractivity contribution is 7.20. The van der Waals surface area contributed by atoms with E-state index in [-0.39, 0.29) is 5.69 Å². The number of nitro groups is 1. The standard InChI is InChI=1S/C13H15N3O3S/c17-16(18)10-1-2-12-11(7-10)15-13(20-12)19-8-9-3-5-14-6-4-9/h1-2,7,9,14H,3-6,8H2. The third-order valence-electron chi connectivity index (χ3n) is 3.46. The highest BCUT2D eigenvalue weighted by Gasteiger charge is 2.15. The van der Waals surface area contributed by atoms with E-state index in [1.165, 1.54) is 23.5 Å². The topological polar surface area (TPSA) is 77.3 Å². The van der Waals surface area contributed by atoms with E-state index < -0.39 is 4.92 Å². The number of ether oxygens (including phenoxy) is 1. The van der Waals surface area contributed by atoms with Crippen molar-refractivity contribution >= 4 is 27.2 Å². The molecular weight excluding hydrogens is 278 g/mol. The van der Waals surface area contributed by atoms with E-state index in [9.17, 15) is 10.1 Å². The van der Waals surface area contributed by atoms with Crippen molar-refractivity contribution < 1.29 is 9.66 Å². The zero-order valence-corrected chi connectivity index (χ0v) is 11.7. The molecule has 2 aromatic rings. The highest BCUT2D eigenvalue weighted by Crippen LogP contribution is 2.30.